The standard InChI is InChI=1S/C11H22BrNO/c1-5-8(2)6-11(14)13-10(4)9(3)7-12/h8-10H,5-7H2,1-4H3,(H,13,14). The number of carbonyl (C=O) groups excluding carboxylic acids is 1. The normalized spacial score (nSPS) is 17.2. The van der Waals surface area contributed by atoms with Crippen LogP contribution in [0.2, 0.25) is 0 Å². The Kier molecular flexibility index (Phi) is 7.24. The van der Waals surface area contributed by atoms with Crippen LogP contribution < -0.4 is 5.32 Å². The smallest absolute Gasteiger partial charge is 0.220 e. The lowest BCUT2D eigenvalue weighted by molar-refractivity contribution is -0.122. The zero-order chi connectivity index (χ0) is 11.1. The molecule has 0 rings (SSSR count). The number of alkyl halides is 1. The lowest BCUT2D eigenvalue weighted by atomic mass is 10.0. The van der Waals surface area contributed by atoms with Gasteiger partial charge < -0.3 is 5.32 Å². The first-order valence-corrected chi connectivity index (χ1v) is 6.48. The molecule has 84 valence electrons. The van der Waals surface area contributed by atoms with Gasteiger partial charge in [-0.15, -0.1) is 0 Å². The maximum Gasteiger partial charge on any atom is 0.220 e. The van der Waals surface area contributed by atoms with Crippen LogP contribution in [0, 0.1) is 11.8 Å². The molecule has 0 aromatic rings. The summed E-state index contributed by atoms with van der Waals surface area (Å²) in [7, 11) is 0. The van der Waals surface area contributed by atoms with Gasteiger partial charge in [0, 0.05) is 17.8 Å². The van der Waals surface area contributed by atoms with Crippen molar-refractivity contribution in [1.29, 1.82) is 0 Å². The molecule has 0 aliphatic heterocycles. The first kappa shape index (κ1) is 13.9. The van der Waals surface area contributed by atoms with Crippen molar-refractivity contribution in [2.45, 2.75) is 46.6 Å². The lowest BCUT2D eigenvalue weighted by Gasteiger charge is -2.20. The number of hydrogen-bond acceptors (Lipinski definition) is 1. The van der Waals surface area contributed by atoms with Gasteiger partial charge in [0.25, 0.3) is 0 Å². The zero-order valence-corrected chi connectivity index (χ0v) is 11.2. The maximum atomic E-state index is 11.5. The molecule has 2 nitrogen and oxygen atoms in total. The minimum Gasteiger partial charge on any atom is -0.353 e. The molecule has 1 N–H and O–H groups in total. The van der Waals surface area contributed by atoms with Gasteiger partial charge >= 0.3 is 0 Å². The lowest BCUT2D eigenvalue weighted by Crippen LogP contribution is -2.38. The molecular weight excluding hydrogens is 242 g/mol. The van der Waals surface area contributed by atoms with Crippen molar-refractivity contribution in [3.63, 3.8) is 0 Å². The number of rotatable bonds is 6. The summed E-state index contributed by atoms with van der Waals surface area (Å²) in [6, 6.07) is 0.255. The van der Waals surface area contributed by atoms with Gasteiger partial charge in [0.1, 0.15) is 0 Å². The van der Waals surface area contributed by atoms with E-state index >= 15 is 0 Å². The summed E-state index contributed by atoms with van der Waals surface area (Å²) in [5.41, 5.74) is 0. The average molecular weight is 264 g/mol. The van der Waals surface area contributed by atoms with E-state index in [2.05, 4.69) is 48.9 Å². The highest BCUT2D eigenvalue weighted by Gasteiger charge is 2.14. The molecule has 0 aromatic heterocycles. The molecule has 0 saturated heterocycles. The molecule has 0 fully saturated rings. The molecule has 14 heavy (non-hydrogen) atoms. The van der Waals surface area contributed by atoms with Crippen molar-refractivity contribution in [3.8, 4) is 0 Å². The molecule has 0 bridgehead atoms. The Bertz CT molecular complexity index is 173. The Morgan fingerprint density at radius 3 is 2.36 bits per heavy atom. The van der Waals surface area contributed by atoms with Gasteiger partial charge in [-0.2, -0.15) is 0 Å². The van der Waals surface area contributed by atoms with Gasteiger partial charge in [0.2, 0.25) is 5.91 Å². The quantitative estimate of drug-likeness (QED) is 0.734. The van der Waals surface area contributed by atoms with Gasteiger partial charge in [0.05, 0.1) is 0 Å². The Hall–Kier alpha value is -0.0500. The van der Waals surface area contributed by atoms with E-state index in [1.165, 1.54) is 0 Å². The highest BCUT2D eigenvalue weighted by atomic mass is 79.9. The van der Waals surface area contributed by atoms with E-state index in [9.17, 15) is 4.79 Å². The van der Waals surface area contributed by atoms with Crippen LogP contribution in [0.3, 0.4) is 0 Å². The second kappa shape index (κ2) is 7.27. The van der Waals surface area contributed by atoms with Crippen molar-refractivity contribution in [3.05, 3.63) is 0 Å². The van der Waals surface area contributed by atoms with Crippen LogP contribution in [0.4, 0.5) is 0 Å². The molecule has 0 spiro atoms. The largest absolute Gasteiger partial charge is 0.353 e. The fraction of sp³-hybridized carbons (Fsp3) is 0.909. The summed E-state index contributed by atoms with van der Waals surface area (Å²) in [4.78, 5) is 11.5. The molecule has 1 amide bonds. The number of hydrogen-bond donors (Lipinski definition) is 1. The van der Waals surface area contributed by atoms with E-state index in [1.807, 2.05) is 0 Å². The van der Waals surface area contributed by atoms with Crippen LogP contribution >= 0.6 is 15.9 Å². The third kappa shape index (κ3) is 5.63. The predicted octanol–water partition coefficient (Wildman–Crippen LogP) is 2.96. The van der Waals surface area contributed by atoms with E-state index in [0.29, 0.717) is 18.3 Å². The van der Waals surface area contributed by atoms with Crippen molar-refractivity contribution < 1.29 is 4.79 Å². The van der Waals surface area contributed by atoms with Gasteiger partial charge in [-0.1, -0.05) is 43.1 Å². The predicted molar refractivity (Wildman–Crippen MR) is 64.6 cm³/mol. The fourth-order valence-electron chi connectivity index (χ4n) is 1.05. The summed E-state index contributed by atoms with van der Waals surface area (Å²) in [6.07, 6.45) is 1.71. The number of nitrogens with one attached hydrogen (secondary N) is 1. The van der Waals surface area contributed by atoms with Crippen LogP contribution in [0.15, 0.2) is 0 Å². The molecule has 3 atom stereocenters. The number of halogens is 1. The second-order valence-corrected chi connectivity index (χ2v) is 4.85. The van der Waals surface area contributed by atoms with E-state index in [4.69, 9.17) is 0 Å². The topological polar surface area (TPSA) is 29.1 Å². The molecule has 0 aromatic carbocycles. The number of carbonyl (C=O) groups is 1. The van der Waals surface area contributed by atoms with E-state index in [-0.39, 0.29) is 11.9 Å². The molecule has 0 saturated carbocycles. The Morgan fingerprint density at radius 2 is 1.93 bits per heavy atom. The van der Waals surface area contributed by atoms with Crippen LogP contribution in [-0.2, 0) is 4.79 Å². The van der Waals surface area contributed by atoms with E-state index in [1.54, 1.807) is 0 Å². The first-order chi connectivity index (χ1) is 6.51. The SMILES string of the molecule is CCC(C)CC(=O)NC(C)C(C)CBr. The van der Waals surface area contributed by atoms with Gasteiger partial charge in [-0.3, -0.25) is 4.79 Å². The molecular formula is C11H22BrNO. The van der Waals surface area contributed by atoms with Crippen LogP contribution in [-0.4, -0.2) is 17.3 Å². The molecule has 3 unspecified atom stereocenters. The summed E-state index contributed by atoms with van der Waals surface area (Å²) in [6.45, 7) is 8.41. The van der Waals surface area contributed by atoms with E-state index < -0.39 is 0 Å². The van der Waals surface area contributed by atoms with Crippen LogP contribution in [0.5, 0.6) is 0 Å². The highest BCUT2D eigenvalue weighted by Crippen LogP contribution is 2.09. The molecule has 0 heterocycles. The van der Waals surface area contributed by atoms with Crippen molar-refractivity contribution >= 4 is 21.8 Å². The Morgan fingerprint density at radius 1 is 1.36 bits per heavy atom. The van der Waals surface area contributed by atoms with Crippen LogP contribution in [0.25, 0.3) is 0 Å². The third-order valence-electron chi connectivity index (χ3n) is 2.72. The third-order valence-corrected chi connectivity index (χ3v) is 3.74. The Labute approximate surface area is 96.0 Å². The second-order valence-electron chi connectivity index (χ2n) is 4.21. The fourth-order valence-corrected chi connectivity index (χ4v) is 1.61. The first-order valence-electron chi connectivity index (χ1n) is 5.36. The minimum absolute atomic E-state index is 0.180. The molecule has 3 heteroatoms. The number of amides is 1. The summed E-state index contributed by atoms with van der Waals surface area (Å²) >= 11 is 3.42. The van der Waals surface area contributed by atoms with Gasteiger partial charge in [0.15, 0.2) is 0 Å². The van der Waals surface area contributed by atoms with Crippen molar-refractivity contribution in [2.24, 2.45) is 11.8 Å². The summed E-state index contributed by atoms with van der Waals surface area (Å²) in [5, 5.41) is 3.96. The highest BCUT2D eigenvalue weighted by molar-refractivity contribution is 9.09. The minimum atomic E-state index is 0.180. The molecule has 0 aliphatic carbocycles. The molecule has 0 aliphatic rings. The van der Waals surface area contributed by atoms with Crippen molar-refractivity contribution in [1.82, 2.24) is 5.32 Å². The molecule has 0 radical (unpaired) electrons. The van der Waals surface area contributed by atoms with E-state index in [0.717, 1.165) is 11.8 Å². The average Bonchev–Trinajstić information content (AvgIpc) is 2.15. The summed E-state index contributed by atoms with van der Waals surface area (Å²) in [5.74, 6) is 1.15. The van der Waals surface area contributed by atoms with Crippen molar-refractivity contribution in [2.75, 3.05) is 5.33 Å². The zero-order valence-electron chi connectivity index (χ0n) is 9.64. The monoisotopic (exact) mass is 263 g/mol. The summed E-state index contributed by atoms with van der Waals surface area (Å²) < 4.78 is 0. The van der Waals surface area contributed by atoms with Gasteiger partial charge in [-0.25, -0.2) is 0 Å². The van der Waals surface area contributed by atoms with Gasteiger partial charge in [-0.05, 0) is 18.8 Å². The van der Waals surface area contributed by atoms with Crippen LogP contribution in [0.1, 0.15) is 40.5 Å². The Balaban J connectivity index is 3.82. The maximum absolute atomic E-state index is 11.5.